The molecule has 2 aromatic rings. The van der Waals surface area contributed by atoms with E-state index < -0.39 is 18.1 Å². The first kappa shape index (κ1) is 26.2. The van der Waals surface area contributed by atoms with Gasteiger partial charge in [0, 0.05) is 37.9 Å². The van der Waals surface area contributed by atoms with Gasteiger partial charge in [0.05, 0.1) is 26.4 Å². The zero-order valence-corrected chi connectivity index (χ0v) is 20.5. The number of rotatable bonds is 8. The third kappa shape index (κ3) is 8.08. The molecular weight excluding hydrogens is 444 g/mol. The van der Waals surface area contributed by atoms with Gasteiger partial charge in [-0.2, -0.15) is 0 Å². The molecule has 0 unspecified atom stereocenters. The van der Waals surface area contributed by atoms with Gasteiger partial charge in [-0.3, -0.25) is 9.69 Å². The second-order valence-electron chi connectivity index (χ2n) is 8.23. The summed E-state index contributed by atoms with van der Waals surface area (Å²) in [6.07, 6.45) is 3.26. The molecule has 184 valence electrons. The maximum Gasteiger partial charge on any atom is 0.331 e. The van der Waals surface area contributed by atoms with Crippen molar-refractivity contribution in [1.29, 1.82) is 0 Å². The summed E-state index contributed by atoms with van der Waals surface area (Å²) >= 11 is 0. The number of allylic oxidation sites excluding steroid dienone is 1. The van der Waals surface area contributed by atoms with Crippen LogP contribution in [0.2, 0.25) is 0 Å². The van der Waals surface area contributed by atoms with Gasteiger partial charge in [-0.25, -0.2) is 4.79 Å². The molecule has 35 heavy (non-hydrogen) atoms. The lowest BCUT2D eigenvalue weighted by Crippen LogP contribution is -2.48. The second-order valence-corrected chi connectivity index (χ2v) is 8.23. The number of nitrogens with zero attached hydrogens (tertiary/aromatic N) is 1. The average molecular weight is 477 g/mol. The summed E-state index contributed by atoms with van der Waals surface area (Å²) in [6.45, 7) is 6.19. The summed E-state index contributed by atoms with van der Waals surface area (Å²) in [5.41, 5.74) is 3.57. The van der Waals surface area contributed by atoms with Crippen LogP contribution in [0, 0.1) is 11.8 Å². The molecule has 3 rings (SSSR count). The van der Waals surface area contributed by atoms with Crippen molar-refractivity contribution >= 4 is 18.0 Å². The van der Waals surface area contributed by atoms with Crippen molar-refractivity contribution in [3.8, 4) is 11.8 Å². The summed E-state index contributed by atoms with van der Waals surface area (Å²) in [7, 11) is 2.74. The Balaban J connectivity index is 1.53. The number of esters is 1. The van der Waals surface area contributed by atoms with E-state index in [1.165, 1.54) is 19.8 Å². The van der Waals surface area contributed by atoms with E-state index >= 15 is 0 Å². The molecule has 7 heteroatoms. The van der Waals surface area contributed by atoms with Crippen molar-refractivity contribution in [2.45, 2.75) is 25.6 Å². The summed E-state index contributed by atoms with van der Waals surface area (Å²) in [6, 6.07) is 14.4. The Hall–Kier alpha value is -3.44. The molecule has 0 aromatic heterocycles. The standard InChI is InChI=1S/C28H32N2O5/c1-21(33-2)26(28(32)34-3)29-27(31)25-14-12-23(13-15-25)7-5-4-6-22-8-10-24(11-9-22)20-30-16-18-35-19-17-30/h4,6,8-15,21,26H,16-20H2,1-3H3,(H,29,31)/t21-,26+/m1/s1. The van der Waals surface area contributed by atoms with E-state index in [-0.39, 0.29) is 5.91 Å². The molecule has 1 N–H and O–H groups in total. The van der Waals surface area contributed by atoms with Crippen molar-refractivity contribution in [3.05, 3.63) is 76.9 Å². The minimum Gasteiger partial charge on any atom is -0.467 e. The number of methoxy groups -OCH3 is 2. The van der Waals surface area contributed by atoms with E-state index in [4.69, 9.17) is 14.2 Å². The Morgan fingerprint density at radius 3 is 2.40 bits per heavy atom. The highest BCUT2D eigenvalue weighted by Crippen LogP contribution is 2.11. The molecule has 1 fully saturated rings. The Kier molecular flexibility index (Phi) is 10.1. The summed E-state index contributed by atoms with van der Waals surface area (Å²) in [4.78, 5) is 26.9. The smallest absolute Gasteiger partial charge is 0.331 e. The maximum absolute atomic E-state index is 12.5. The molecule has 2 atom stereocenters. The molecular formula is C28H32N2O5. The Bertz CT molecular complexity index is 1060. The zero-order valence-electron chi connectivity index (χ0n) is 20.5. The highest BCUT2D eigenvalue weighted by atomic mass is 16.5. The van der Waals surface area contributed by atoms with E-state index in [0.29, 0.717) is 5.56 Å². The normalized spacial score (nSPS) is 15.6. The molecule has 0 aliphatic carbocycles. The molecule has 1 heterocycles. The monoisotopic (exact) mass is 476 g/mol. The molecule has 0 radical (unpaired) electrons. The van der Waals surface area contributed by atoms with Crippen LogP contribution in [0.15, 0.2) is 54.6 Å². The Labute approximate surface area is 207 Å². The van der Waals surface area contributed by atoms with Gasteiger partial charge in [-0.15, -0.1) is 0 Å². The Morgan fingerprint density at radius 1 is 1.09 bits per heavy atom. The lowest BCUT2D eigenvalue weighted by Gasteiger charge is -2.26. The van der Waals surface area contributed by atoms with Crippen LogP contribution in [-0.2, 0) is 25.5 Å². The lowest BCUT2D eigenvalue weighted by molar-refractivity contribution is -0.146. The van der Waals surface area contributed by atoms with Crippen molar-refractivity contribution < 1.29 is 23.8 Å². The Morgan fingerprint density at radius 2 is 1.77 bits per heavy atom. The third-order valence-electron chi connectivity index (χ3n) is 5.80. The van der Waals surface area contributed by atoms with Crippen LogP contribution in [0.1, 0.15) is 34.0 Å². The van der Waals surface area contributed by atoms with E-state index in [0.717, 1.165) is 44.0 Å². The van der Waals surface area contributed by atoms with Gasteiger partial charge in [-0.05, 0) is 54.5 Å². The van der Waals surface area contributed by atoms with Crippen molar-refractivity contribution in [3.63, 3.8) is 0 Å². The fourth-order valence-electron chi connectivity index (χ4n) is 3.57. The fraction of sp³-hybridized carbons (Fsp3) is 0.357. The topological polar surface area (TPSA) is 77.1 Å². The third-order valence-corrected chi connectivity index (χ3v) is 5.80. The summed E-state index contributed by atoms with van der Waals surface area (Å²) < 4.78 is 15.3. The second kappa shape index (κ2) is 13.4. The van der Waals surface area contributed by atoms with Crippen LogP contribution >= 0.6 is 0 Å². The van der Waals surface area contributed by atoms with Gasteiger partial charge in [0.1, 0.15) is 0 Å². The number of ether oxygens (including phenoxy) is 3. The van der Waals surface area contributed by atoms with Crippen LogP contribution in [-0.4, -0.2) is 69.4 Å². The summed E-state index contributed by atoms with van der Waals surface area (Å²) in [5, 5.41) is 2.66. The van der Waals surface area contributed by atoms with Crippen molar-refractivity contribution in [2.24, 2.45) is 0 Å². The van der Waals surface area contributed by atoms with E-state index in [1.807, 2.05) is 12.2 Å². The zero-order chi connectivity index (χ0) is 25.0. The molecule has 1 saturated heterocycles. The molecule has 0 bridgehead atoms. The van der Waals surface area contributed by atoms with Crippen LogP contribution < -0.4 is 5.32 Å². The number of hydrogen-bond acceptors (Lipinski definition) is 6. The van der Waals surface area contributed by atoms with Gasteiger partial charge in [0.15, 0.2) is 6.04 Å². The van der Waals surface area contributed by atoms with E-state index in [2.05, 4.69) is 46.3 Å². The van der Waals surface area contributed by atoms with Gasteiger partial charge in [-0.1, -0.05) is 36.1 Å². The van der Waals surface area contributed by atoms with Gasteiger partial charge in [0.2, 0.25) is 0 Å². The van der Waals surface area contributed by atoms with Crippen LogP contribution in [0.3, 0.4) is 0 Å². The van der Waals surface area contributed by atoms with Crippen molar-refractivity contribution in [2.75, 3.05) is 40.5 Å². The number of nitrogens with one attached hydrogen (secondary N) is 1. The number of amides is 1. The van der Waals surface area contributed by atoms with Crippen molar-refractivity contribution in [1.82, 2.24) is 10.2 Å². The predicted molar refractivity (Wildman–Crippen MR) is 135 cm³/mol. The molecule has 1 aliphatic heterocycles. The van der Waals surface area contributed by atoms with Crippen LogP contribution in [0.25, 0.3) is 6.08 Å². The lowest BCUT2D eigenvalue weighted by atomic mass is 10.1. The van der Waals surface area contributed by atoms with Crippen LogP contribution in [0.4, 0.5) is 0 Å². The molecule has 2 aromatic carbocycles. The SMILES string of the molecule is COC(=O)[C@@H](NC(=O)c1ccc(C#CC=Cc2ccc(CN3CCOCC3)cc2)cc1)[C@@H](C)OC. The first-order valence-corrected chi connectivity index (χ1v) is 11.6. The number of carbonyl (C=O) groups excluding carboxylic acids is 2. The number of carbonyl (C=O) groups is 2. The summed E-state index contributed by atoms with van der Waals surface area (Å²) in [5.74, 6) is 5.14. The number of benzene rings is 2. The predicted octanol–water partition coefficient (Wildman–Crippen LogP) is 2.89. The van der Waals surface area contributed by atoms with Crippen LogP contribution in [0.5, 0.6) is 0 Å². The molecule has 1 aliphatic rings. The van der Waals surface area contributed by atoms with E-state index in [1.54, 1.807) is 31.2 Å². The molecule has 1 amide bonds. The fourth-order valence-corrected chi connectivity index (χ4v) is 3.57. The minimum absolute atomic E-state index is 0.388. The molecule has 0 spiro atoms. The van der Waals surface area contributed by atoms with Gasteiger partial charge >= 0.3 is 5.97 Å². The first-order valence-electron chi connectivity index (χ1n) is 11.6. The molecule has 7 nitrogen and oxygen atoms in total. The number of hydrogen-bond donors (Lipinski definition) is 1. The number of morpholine rings is 1. The van der Waals surface area contributed by atoms with E-state index in [9.17, 15) is 9.59 Å². The highest BCUT2D eigenvalue weighted by molar-refractivity contribution is 5.97. The maximum atomic E-state index is 12.5. The minimum atomic E-state index is -0.893. The highest BCUT2D eigenvalue weighted by Gasteiger charge is 2.28. The molecule has 0 saturated carbocycles. The average Bonchev–Trinajstić information content (AvgIpc) is 2.90. The largest absolute Gasteiger partial charge is 0.467 e. The van der Waals surface area contributed by atoms with Gasteiger partial charge < -0.3 is 19.5 Å². The van der Waals surface area contributed by atoms with Gasteiger partial charge in [0.25, 0.3) is 5.91 Å². The quantitative estimate of drug-likeness (QED) is 0.466. The first-order chi connectivity index (χ1) is 17.0.